The van der Waals surface area contributed by atoms with E-state index in [0.717, 1.165) is 13.1 Å². The van der Waals surface area contributed by atoms with Crippen LogP contribution < -0.4 is 4.83 Å². The molecular weight excluding hydrogens is 140 g/mol. The smallest absolute Gasteiger partial charge is 0.246 e. The molecule has 0 aliphatic heterocycles. The largest absolute Gasteiger partial charge is 0.293 e. The van der Waals surface area contributed by atoms with Crippen molar-refractivity contribution in [3.05, 3.63) is 0 Å². The number of rotatable bonds is 4. The summed E-state index contributed by atoms with van der Waals surface area (Å²) in [5.41, 5.74) is 0. The van der Waals surface area contributed by atoms with Gasteiger partial charge in [-0.2, -0.15) is 0 Å². The van der Waals surface area contributed by atoms with Crippen molar-refractivity contribution in [1.29, 1.82) is 0 Å². The molecule has 0 spiro atoms. The van der Waals surface area contributed by atoms with Crippen molar-refractivity contribution in [3.63, 3.8) is 0 Å². The topological polar surface area (TPSA) is 52.6 Å². The Labute approximate surface area is 57.6 Å². The van der Waals surface area contributed by atoms with Crippen molar-refractivity contribution in [2.75, 3.05) is 13.1 Å². The van der Waals surface area contributed by atoms with Crippen molar-refractivity contribution < 1.29 is 8.76 Å². The van der Waals surface area contributed by atoms with Gasteiger partial charge in [-0.15, -0.1) is 4.83 Å². The van der Waals surface area contributed by atoms with Crippen LogP contribution in [0, 0.1) is 0 Å². The van der Waals surface area contributed by atoms with Crippen molar-refractivity contribution in [1.82, 2.24) is 9.84 Å². The van der Waals surface area contributed by atoms with E-state index in [1.54, 1.807) is 5.01 Å². The van der Waals surface area contributed by atoms with Gasteiger partial charge in [-0.1, -0.05) is 13.8 Å². The summed E-state index contributed by atoms with van der Waals surface area (Å²) in [7, 11) is 0. The molecule has 0 bridgehead atoms. The molecule has 0 aliphatic rings. The van der Waals surface area contributed by atoms with Gasteiger partial charge in [0.1, 0.15) is 0 Å². The van der Waals surface area contributed by atoms with Crippen LogP contribution >= 0.6 is 0 Å². The fourth-order valence-electron chi connectivity index (χ4n) is 0.463. The molecule has 0 radical (unpaired) electrons. The number of hydrogen-bond donors (Lipinski definition) is 2. The highest BCUT2D eigenvalue weighted by atomic mass is 32.2. The van der Waals surface area contributed by atoms with E-state index in [9.17, 15) is 4.21 Å². The summed E-state index contributed by atoms with van der Waals surface area (Å²) in [6.45, 7) is 5.26. The maximum Gasteiger partial charge on any atom is 0.246 e. The zero-order valence-electron chi connectivity index (χ0n) is 5.63. The fraction of sp³-hybridized carbons (Fsp3) is 1.00. The summed E-state index contributed by atoms with van der Waals surface area (Å²) in [4.78, 5) is 2.34. The quantitative estimate of drug-likeness (QED) is 0.439. The van der Waals surface area contributed by atoms with Gasteiger partial charge in [0, 0.05) is 13.1 Å². The van der Waals surface area contributed by atoms with E-state index in [0.29, 0.717) is 0 Å². The van der Waals surface area contributed by atoms with Crippen LogP contribution in [0.1, 0.15) is 13.8 Å². The molecule has 0 saturated carbocycles. The van der Waals surface area contributed by atoms with E-state index in [-0.39, 0.29) is 0 Å². The Morgan fingerprint density at radius 2 is 2.00 bits per heavy atom. The first kappa shape index (κ1) is 9.03. The highest BCUT2D eigenvalue weighted by Crippen LogP contribution is 1.79. The Balaban J connectivity index is 3.43. The molecule has 1 atom stereocenters. The molecule has 56 valence electrons. The third-order valence-electron chi connectivity index (χ3n) is 0.971. The van der Waals surface area contributed by atoms with Gasteiger partial charge in [0.2, 0.25) is 11.3 Å². The number of nitrogens with one attached hydrogen (secondary N) is 1. The van der Waals surface area contributed by atoms with Gasteiger partial charge in [0.15, 0.2) is 0 Å². The third-order valence-corrected chi connectivity index (χ3v) is 1.39. The van der Waals surface area contributed by atoms with Gasteiger partial charge in [0.25, 0.3) is 0 Å². The Morgan fingerprint density at radius 1 is 1.56 bits per heavy atom. The average molecular weight is 152 g/mol. The van der Waals surface area contributed by atoms with E-state index in [1.165, 1.54) is 0 Å². The van der Waals surface area contributed by atoms with Crippen molar-refractivity contribution in [2.24, 2.45) is 0 Å². The maximum absolute atomic E-state index is 10.1. The van der Waals surface area contributed by atoms with E-state index in [1.807, 2.05) is 13.8 Å². The molecule has 0 aromatic heterocycles. The minimum absolute atomic E-state index is 0.725. The lowest BCUT2D eigenvalue weighted by Crippen LogP contribution is -2.38. The lowest BCUT2D eigenvalue weighted by Gasteiger charge is -2.15. The molecule has 0 saturated heterocycles. The van der Waals surface area contributed by atoms with Crippen LogP contribution in [0.4, 0.5) is 0 Å². The molecule has 0 aromatic rings. The summed E-state index contributed by atoms with van der Waals surface area (Å²) in [5.74, 6) is 0. The summed E-state index contributed by atoms with van der Waals surface area (Å²) in [6.07, 6.45) is 0. The number of hydrogen-bond acceptors (Lipinski definition) is 2. The highest BCUT2D eigenvalue weighted by molar-refractivity contribution is 7.77. The highest BCUT2D eigenvalue weighted by Gasteiger charge is 1.98. The van der Waals surface area contributed by atoms with E-state index in [2.05, 4.69) is 4.83 Å². The molecule has 0 heterocycles. The Kier molecular flexibility index (Phi) is 4.88. The summed E-state index contributed by atoms with van der Waals surface area (Å²) in [5, 5.41) is 1.65. The predicted molar refractivity (Wildman–Crippen MR) is 36.8 cm³/mol. The zero-order valence-corrected chi connectivity index (χ0v) is 6.44. The first-order valence-corrected chi connectivity index (χ1v) is 3.93. The van der Waals surface area contributed by atoms with Crippen molar-refractivity contribution >= 4 is 11.3 Å². The standard InChI is InChI=1S/C4H12N2O2S/c1-3-6(4-2)5-9(7)8/h5H,3-4H2,1-2H3,(H,7,8). The van der Waals surface area contributed by atoms with Gasteiger partial charge in [0.05, 0.1) is 0 Å². The van der Waals surface area contributed by atoms with E-state index < -0.39 is 11.3 Å². The minimum Gasteiger partial charge on any atom is -0.293 e. The Morgan fingerprint density at radius 3 is 2.11 bits per heavy atom. The molecule has 4 nitrogen and oxygen atoms in total. The van der Waals surface area contributed by atoms with Gasteiger partial charge in [-0.05, 0) is 0 Å². The molecule has 0 fully saturated rings. The van der Waals surface area contributed by atoms with Crippen LogP contribution in [0.2, 0.25) is 0 Å². The van der Waals surface area contributed by atoms with E-state index >= 15 is 0 Å². The van der Waals surface area contributed by atoms with Crippen molar-refractivity contribution in [3.8, 4) is 0 Å². The van der Waals surface area contributed by atoms with Gasteiger partial charge in [-0.25, -0.2) is 9.22 Å². The monoisotopic (exact) mass is 152 g/mol. The SMILES string of the molecule is CCN(CC)NS(=O)O. The molecule has 1 unspecified atom stereocenters. The van der Waals surface area contributed by atoms with Crippen LogP contribution in [0.15, 0.2) is 0 Å². The normalized spacial score (nSPS) is 14.2. The summed E-state index contributed by atoms with van der Waals surface area (Å²) >= 11 is -1.92. The van der Waals surface area contributed by atoms with Gasteiger partial charge in [-0.3, -0.25) is 4.55 Å². The molecular formula is C4H12N2O2S. The fourth-order valence-corrected chi connectivity index (χ4v) is 0.942. The van der Waals surface area contributed by atoms with Crippen LogP contribution in [0.3, 0.4) is 0 Å². The van der Waals surface area contributed by atoms with Gasteiger partial charge < -0.3 is 0 Å². The van der Waals surface area contributed by atoms with Crippen LogP contribution in [-0.2, 0) is 11.3 Å². The molecule has 9 heavy (non-hydrogen) atoms. The lowest BCUT2D eigenvalue weighted by atomic mass is 10.6. The summed E-state index contributed by atoms with van der Waals surface area (Å²) in [6, 6.07) is 0. The molecule has 0 amide bonds. The second kappa shape index (κ2) is 4.87. The van der Waals surface area contributed by atoms with Crippen LogP contribution in [0.25, 0.3) is 0 Å². The molecule has 0 aromatic carbocycles. The molecule has 0 rings (SSSR count). The first-order valence-electron chi connectivity index (χ1n) is 2.82. The minimum atomic E-state index is -1.92. The second-order valence-corrected chi connectivity index (χ2v) is 2.19. The zero-order chi connectivity index (χ0) is 7.28. The van der Waals surface area contributed by atoms with Crippen LogP contribution in [0.5, 0.6) is 0 Å². The molecule has 5 heteroatoms. The Bertz CT molecular complexity index is 94.6. The second-order valence-electron chi connectivity index (χ2n) is 1.51. The van der Waals surface area contributed by atoms with E-state index in [4.69, 9.17) is 4.55 Å². The Hall–Kier alpha value is 0.0300. The average Bonchev–Trinajstić information content (AvgIpc) is 1.82. The lowest BCUT2D eigenvalue weighted by molar-refractivity contribution is 0.265. The van der Waals surface area contributed by atoms with Crippen LogP contribution in [-0.4, -0.2) is 26.9 Å². The molecule has 2 N–H and O–H groups in total. The molecule has 0 aliphatic carbocycles. The summed E-state index contributed by atoms with van der Waals surface area (Å²) < 4.78 is 18.4. The van der Waals surface area contributed by atoms with Gasteiger partial charge >= 0.3 is 0 Å². The number of hydrazine groups is 1. The first-order chi connectivity index (χ1) is 4.20. The van der Waals surface area contributed by atoms with Crippen molar-refractivity contribution in [2.45, 2.75) is 13.8 Å². The third kappa shape index (κ3) is 4.53. The predicted octanol–water partition coefficient (Wildman–Crippen LogP) is -0.0305. The maximum atomic E-state index is 10.1. The number of nitrogens with zero attached hydrogens (tertiary/aromatic N) is 1.